The van der Waals surface area contributed by atoms with Crippen molar-refractivity contribution in [1.29, 1.82) is 0 Å². The van der Waals surface area contributed by atoms with E-state index in [1.54, 1.807) is 21.1 Å². The summed E-state index contributed by atoms with van der Waals surface area (Å²) in [6.07, 6.45) is 54.1. The summed E-state index contributed by atoms with van der Waals surface area (Å²) >= 11 is 0. The van der Waals surface area contributed by atoms with Crippen LogP contribution in [0.15, 0.2) is 109 Å². The normalized spacial score (nSPS) is 14.0. The Morgan fingerprint density at radius 3 is 1.41 bits per heavy atom. The Bertz CT molecular complexity index is 1310. The van der Waals surface area contributed by atoms with Gasteiger partial charge in [-0.2, -0.15) is 0 Å². The molecule has 58 heavy (non-hydrogen) atoms. The minimum absolute atomic E-state index is 0.00310. The van der Waals surface area contributed by atoms with E-state index in [0.717, 1.165) is 96.3 Å². The topological polar surface area (TPSA) is 102 Å². The first kappa shape index (κ1) is 54.0. The number of hydrogen-bond acceptors (Lipinski definition) is 7. The molecule has 0 radical (unpaired) electrons. The summed E-state index contributed by atoms with van der Waals surface area (Å²) in [7, 11) is 5.36. The van der Waals surface area contributed by atoms with Crippen LogP contribution in [0, 0.1) is 0 Å². The largest absolute Gasteiger partial charge is 0.544 e. The first-order valence-electron chi connectivity index (χ1n) is 21.9. The van der Waals surface area contributed by atoms with Crippen molar-refractivity contribution in [2.45, 2.75) is 148 Å². The average Bonchev–Trinajstić information content (AvgIpc) is 3.18. The van der Waals surface area contributed by atoms with Crippen molar-refractivity contribution in [2.75, 3.05) is 41.0 Å². The summed E-state index contributed by atoms with van der Waals surface area (Å²) in [6, 6.07) is -0.748. The highest BCUT2D eigenvalue weighted by atomic mass is 16.6. The molecule has 0 amide bonds. The molecule has 0 spiro atoms. The minimum atomic E-state index is -1.14. The molecule has 0 bridgehead atoms. The van der Waals surface area contributed by atoms with Gasteiger partial charge in [0.15, 0.2) is 6.10 Å². The Morgan fingerprint density at radius 2 is 0.948 bits per heavy atom. The third kappa shape index (κ3) is 37.6. The number of esters is 2. The van der Waals surface area contributed by atoms with Gasteiger partial charge in [0.05, 0.1) is 40.3 Å². The van der Waals surface area contributed by atoms with Gasteiger partial charge in [0.2, 0.25) is 0 Å². The van der Waals surface area contributed by atoms with E-state index in [0.29, 0.717) is 12.8 Å². The molecule has 0 aliphatic carbocycles. The number of ether oxygens (including phenoxy) is 3. The molecular formula is C50H79NO7. The lowest BCUT2D eigenvalue weighted by atomic mass is 10.1. The van der Waals surface area contributed by atoms with Gasteiger partial charge in [0, 0.05) is 19.3 Å². The molecule has 2 unspecified atom stereocenters. The van der Waals surface area contributed by atoms with E-state index >= 15 is 0 Å². The number of likely N-dealkylation sites (N-methyl/N-ethyl adjacent to an activating group) is 1. The lowest BCUT2D eigenvalue weighted by molar-refractivity contribution is -0.889. The Kier molecular flexibility index (Phi) is 37.0. The summed E-state index contributed by atoms with van der Waals surface area (Å²) in [5.74, 6) is -1.88. The summed E-state index contributed by atoms with van der Waals surface area (Å²) in [6.45, 7) is 4.31. The first-order chi connectivity index (χ1) is 28.1. The van der Waals surface area contributed by atoms with Gasteiger partial charge >= 0.3 is 11.9 Å². The van der Waals surface area contributed by atoms with Crippen molar-refractivity contribution in [2.24, 2.45) is 0 Å². The van der Waals surface area contributed by atoms with Crippen LogP contribution in [0.5, 0.6) is 0 Å². The van der Waals surface area contributed by atoms with Crippen molar-refractivity contribution < 1.29 is 38.2 Å². The Hall–Kier alpha value is -4.01. The zero-order valence-electron chi connectivity index (χ0n) is 36.9. The van der Waals surface area contributed by atoms with E-state index in [9.17, 15) is 19.5 Å². The van der Waals surface area contributed by atoms with Crippen molar-refractivity contribution in [3.63, 3.8) is 0 Å². The van der Waals surface area contributed by atoms with Gasteiger partial charge in [0.25, 0.3) is 0 Å². The summed E-state index contributed by atoms with van der Waals surface area (Å²) in [5, 5.41) is 11.6. The third-order valence-electron chi connectivity index (χ3n) is 8.92. The molecule has 8 heteroatoms. The quantitative estimate of drug-likeness (QED) is 0.0267. The molecule has 0 aromatic carbocycles. The fraction of sp³-hybridized carbons (Fsp3) is 0.580. The van der Waals surface area contributed by atoms with Crippen molar-refractivity contribution in [3.05, 3.63) is 109 Å². The van der Waals surface area contributed by atoms with Crippen molar-refractivity contribution in [1.82, 2.24) is 0 Å². The number of carbonyl (C=O) groups is 3. The number of quaternary nitrogens is 1. The Balaban J connectivity index is 4.53. The second-order valence-corrected chi connectivity index (χ2v) is 15.2. The molecule has 0 aromatic heterocycles. The predicted molar refractivity (Wildman–Crippen MR) is 240 cm³/mol. The lowest BCUT2D eigenvalue weighted by Crippen LogP contribution is -2.55. The fourth-order valence-electron chi connectivity index (χ4n) is 5.58. The molecule has 0 N–H and O–H groups in total. The minimum Gasteiger partial charge on any atom is -0.544 e. The maximum Gasteiger partial charge on any atom is 0.306 e. The molecule has 0 saturated heterocycles. The third-order valence-corrected chi connectivity index (χ3v) is 8.92. The van der Waals surface area contributed by atoms with Gasteiger partial charge < -0.3 is 28.6 Å². The predicted octanol–water partition coefficient (Wildman–Crippen LogP) is 10.7. The fourth-order valence-corrected chi connectivity index (χ4v) is 5.58. The maximum absolute atomic E-state index is 12.7. The highest BCUT2D eigenvalue weighted by molar-refractivity contribution is 5.70. The number of carboxylic acids is 1. The smallest absolute Gasteiger partial charge is 0.306 e. The number of carbonyl (C=O) groups excluding carboxylic acids is 3. The van der Waals surface area contributed by atoms with Crippen molar-refractivity contribution >= 4 is 17.9 Å². The molecule has 0 fully saturated rings. The molecule has 326 valence electrons. The highest BCUT2D eigenvalue weighted by Gasteiger charge is 2.25. The van der Waals surface area contributed by atoms with Crippen LogP contribution >= 0.6 is 0 Å². The van der Waals surface area contributed by atoms with Gasteiger partial charge in [-0.15, -0.1) is 0 Å². The van der Waals surface area contributed by atoms with Gasteiger partial charge in [-0.05, 0) is 83.5 Å². The van der Waals surface area contributed by atoms with Crippen LogP contribution in [0.3, 0.4) is 0 Å². The van der Waals surface area contributed by atoms with Crippen LogP contribution in [-0.4, -0.2) is 75.5 Å². The Labute approximate surface area is 353 Å². The van der Waals surface area contributed by atoms with Gasteiger partial charge in [-0.1, -0.05) is 142 Å². The molecule has 0 aliphatic heterocycles. The van der Waals surface area contributed by atoms with E-state index in [1.165, 1.54) is 0 Å². The molecule has 0 aromatic rings. The molecule has 0 rings (SSSR count). The number of aliphatic carboxylic acids is 1. The number of rotatable bonds is 37. The van der Waals surface area contributed by atoms with E-state index < -0.39 is 24.1 Å². The Morgan fingerprint density at radius 1 is 0.517 bits per heavy atom. The van der Waals surface area contributed by atoms with Crippen molar-refractivity contribution in [3.8, 4) is 0 Å². The van der Waals surface area contributed by atoms with Gasteiger partial charge in [0.1, 0.15) is 12.6 Å². The molecule has 8 nitrogen and oxygen atoms in total. The first-order valence-corrected chi connectivity index (χ1v) is 21.9. The van der Waals surface area contributed by atoms with E-state index in [2.05, 4.69) is 111 Å². The van der Waals surface area contributed by atoms with Crippen LogP contribution in [0.2, 0.25) is 0 Å². The molecule has 0 saturated carbocycles. The van der Waals surface area contributed by atoms with Crippen LogP contribution < -0.4 is 5.11 Å². The maximum atomic E-state index is 12.7. The number of carboxylic acid groups (broad SMARTS) is 1. The number of nitrogens with zero attached hydrogens (tertiary/aromatic N) is 1. The molecule has 2 atom stereocenters. The van der Waals surface area contributed by atoms with E-state index in [-0.39, 0.29) is 43.1 Å². The second kappa shape index (κ2) is 39.8. The monoisotopic (exact) mass is 806 g/mol. The standard InChI is InChI=1S/C50H79NO7/c1-6-8-10-12-14-16-18-20-22-23-24-25-27-29-31-33-35-37-39-41-49(53)58-46(44-56-43-42-47(50(54)55)51(3,4)5)45-57-48(52)40-38-36-34-32-30-28-26-21-19-17-15-13-11-9-7-2/h8-11,14-17,20-22,24-26,29,31,35,37,46-47H,6-7,12-13,18-19,23,27-28,30,32-34,36,38-45H2,1-5H3/b10-8-,11-9-,16-14-,17-15-,22-20-,25-24-,26-21-,31-29-,37-35-. The number of hydrogen-bond donors (Lipinski definition) is 0. The summed E-state index contributed by atoms with van der Waals surface area (Å²) in [4.78, 5) is 36.8. The summed E-state index contributed by atoms with van der Waals surface area (Å²) < 4.78 is 17.0. The zero-order chi connectivity index (χ0) is 42.8. The molecule has 0 heterocycles. The second-order valence-electron chi connectivity index (χ2n) is 15.2. The van der Waals surface area contributed by atoms with Gasteiger partial charge in [-0.25, -0.2) is 0 Å². The highest BCUT2D eigenvalue weighted by Crippen LogP contribution is 2.11. The summed E-state index contributed by atoms with van der Waals surface area (Å²) in [5.41, 5.74) is 0. The van der Waals surface area contributed by atoms with Gasteiger partial charge in [-0.3, -0.25) is 9.59 Å². The number of unbranched alkanes of at least 4 members (excludes halogenated alkanes) is 5. The van der Waals surface area contributed by atoms with E-state index in [1.807, 2.05) is 12.2 Å². The lowest BCUT2D eigenvalue weighted by Gasteiger charge is -2.34. The van der Waals surface area contributed by atoms with Crippen LogP contribution in [0.25, 0.3) is 0 Å². The molecular weight excluding hydrogens is 727 g/mol. The SMILES string of the molecule is CC/C=C\C/C=C\C/C=C\C/C=C\C/C=C\C/C=C\CCC(=O)OC(COCCC(C(=O)[O-])[N+](C)(C)C)COC(=O)CCCCCCC/C=C\C/C=C\C/C=C\CC. The average molecular weight is 806 g/mol. The molecule has 0 aliphatic rings. The van der Waals surface area contributed by atoms with Crippen LogP contribution in [-0.2, 0) is 28.6 Å². The number of allylic oxidation sites excluding steroid dienone is 18. The van der Waals surface area contributed by atoms with Crippen LogP contribution in [0.1, 0.15) is 136 Å². The van der Waals surface area contributed by atoms with E-state index in [4.69, 9.17) is 14.2 Å². The van der Waals surface area contributed by atoms with Crippen LogP contribution in [0.4, 0.5) is 0 Å². The zero-order valence-corrected chi connectivity index (χ0v) is 36.9.